The van der Waals surface area contributed by atoms with Crippen molar-refractivity contribution in [2.24, 2.45) is 0 Å². The SMILES string of the molecule is CC(CC(=O)C(=O)O)S(=O)O. The van der Waals surface area contributed by atoms with E-state index in [0.717, 1.165) is 0 Å². The summed E-state index contributed by atoms with van der Waals surface area (Å²) in [6, 6.07) is 0. The number of ketones is 1. The molecule has 0 aromatic heterocycles. The van der Waals surface area contributed by atoms with Crippen molar-refractivity contribution < 1.29 is 23.5 Å². The van der Waals surface area contributed by atoms with Gasteiger partial charge in [-0.3, -0.25) is 4.79 Å². The van der Waals surface area contributed by atoms with Gasteiger partial charge in [0.1, 0.15) is 0 Å². The maximum absolute atomic E-state index is 10.4. The van der Waals surface area contributed by atoms with E-state index in [2.05, 4.69) is 0 Å². The van der Waals surface area contributed by atoms with Crippen molar-refractivity contribution in [1.29, 1.82) is 0 Å². The van der Waals surface area contributed by atoms with Crippen LogP contribution in [0.1, 0.15) is 13.3 Å². The summed E-state index contributed by atoms with van der Waals surface area (Å²) in [5.74, 6) is -2.61. The van der Waals surface area contributed by atoms with Gasteiger partial charge in [0.25, 0.3) is 0 Å². The molecule has 0 bridgehead atoms. The van der Waals surface area contributed by atoms with Gasteiger partial charge in [0, 0.05) is 6.42 Å². The summed E-state index contributed by atoms with van der Waals surface area (Å²) < 4.78 is 18.6. The summed E-state index contributed by atoms with van der Waals surface area (Å²) in [5, 5.41) is 7.26. The van der Waals surface area contributed by atoms with Crippen LogP contribution in [0.15, 0.2) is 0 Å². The molecule has 0 aliphatic heterocycles. The summed E-state index contributed by atoms with van der Waals surface area (Å²) in [7, 11) is 0. The lowest BCUT2D eigenvalue weighted by atomic mass is 10.2. The second-order valence-corrected chi connectivity index (χ2v) is 3.38. The van der Waals surface area contributed by atoms with Crippen LogP contribution >= 0.6 is 0 Å². The zero-order valence-corrected chi connectivity index (χ0v) is 6.63. The van der Waals surface area contributed by atoms with E-state index in [9.17, 15) is 13.8 Å². The zero-order valence-electron chi connectivity index (χ0n) is 5.81. The Bertz CT molecular complexity index is 199. The molecule has 0 aromatic carbocycles. The Morgan fingerprint density at radius 2 is 2.00 bits per heavy atom. The normalized spacial score (nSPS) is 15.5. The number of carboxylic acid groups (broad SMARTS) is 1. The van der Waals surface area contributed by atoms with Crippen LogP contribution in [-0.4, -0.2) is 30.9 Å². The van der Waals surface area contributed by atoms with Crippen molar-refractivity contribution >= 4 is 22.8 Å². The molecular formula is C5H8O5S. The molecule has 0 rings (SSSR count). The fourth-order valence-electron chi connectivity index (χ4n) is 0.420. The summed E-state index contributed by atoms with van der Waals surface area (Å²) >= 11 is -2.13. The number of rotatable bonds is 4. The van der Waals surface area contributed by atoms with Gasteiger partial charge >= 0.3 is 5.97 Å². The topological polar surface area (TPSA) is 91.7 Å². The van der Waals surface area contributed by atoms with Crippen LogP contribution in [0.3, 0.4) is 0 Å². The highest BCUT2D eigenvalue weighted by Crippen LogP contribution is 1.99. The lowest BCUT2D eigenvalue weighted by Gasteiger charge is -2.01. The summed E-state index contributed by atoms with van der Waals surface area (Å²) in [6.07, 6.45) is -0.404. The molecule has 11 heavy (non-hydrogen) atoms. The van der Waals surface area contributed by atoms with Crippen molar-refractivity contribution in [3.05, 3.63) is 0 Å². The average Bonchev–Trinajstić information content (AvgIpc) is 1.87. The molecular weight excluding hydrogens is 172 g/mol. The van der Waals surface area contributed by atoms with Gasteiger partial charge in [0.05, 0.1) is 5.25 Å². The minimum Gasteiger partial charge on any atom is -0.476 e. The smallest absolute Gasteiger partial charge is 0.372 e. The zero-order chi connectivity index (χ0) is 9.02. The van der Waals surface area contributed by atoms with Crippen LogP contribution in [0.2, 0.25) is 0 Å². The monoisotopic (exact) mass is 180 g/mol. The minimum atomic E-state index is -2.13. The number of Topliss-reactive ketones (excluding diaryl/α,β-unsaturated/α-hetero) is 1. The van der Waals surface area contributed by atoms with E-state index in [1.807, 2.05) is 0 Å². The quantitative estimate of drug-likeness (QED) is 0.455. The van der Waals surface area contributed by atoms with Crippen molar-refractivity contribution in [3.8, 4) is 0 Å². The molecule has 0 aromatic rings. The highest BCUT2D eigenvalue weighted by molar-refractivity contribution is 7.79. The largest absolute Gasteiger partial charge is 0.476 e. The molecule has 6 heteroatoms. The number of carboxylic acids is 1. The van der Waals surface area contributed by atoms with Gasteiger partial charge in [-0.15, -0.1) is 0 Å². The molecule has 2 unspecified atom stereocenters. The molecule has 0 aliphatic carbocycles. The average molecular weight is 180 g/mol. The van der Waals surface area contributed by atoms with Crippen molar-refractivity contribution in [2.45, 2.75) is 18.6 Å². The first kappa shape index (κ1) is 10.2. The molecule has 0 saturated carbocycles. The third kappa shape index (κ3) is 3.84. The third-order valence-electron chi connectivity index (χ3n) is 1.06. The van der Waals surface area contributed by atoms with Crippen LogP contribution in [-0.2, 0) is 20.7 Å². The van der Waals surface area contributed by atoms with E-state index in [-0.39, 0.29) is 0 Å². The lowest BCUT2D eigenvalue weighted by Crippen LogP contribution is -2.21. The van der Waals surface area contributed by atoms with Crippen LogP contribution in [0.25, 0.3) is 0 Å². The van der Waals surface area contributed by atoms with E-state index in [1.54, 1.807) is 0 Å². The van der Waals surface area contributed by atoms with Gasteiger partial charge in [0.2, 0.25) is 5.78 Å². The Morgan fingerprint density at radius 3 is 2.27 bits per heavy atom. The minimum absolute atomic E-state index is 0.404. The Kier molecular flexibility index (Phi) is 3.91. The summed E-state index contributed by atoms with van der Waals surface area (Å²) in [4.78, 5) is 20.3. The van der Waals surface area contributed by atoms with Crippen LogP contribution in [0.5, 0.6) is 0 Å². The van der Waals surface area contributed by atoms with E-state index in [0.29, 0.717) is 0 Å². The van der Waals surface area contributed by atoms with Gasteiger partial charge in [-0.05, 0) is 6.92 Å². The number of carbonyl (C=O) groups excluding carboxylic acids is 1. The molecule has 0 radical (unpaired) electrons. The predicted molar refractivity (Wildman–Crippen MR) is 37.5 cm³/mol. The first-order valence-electron chi connectivity index (χ1n) is 2.81. The number of carbonyl (C=O) groups is 2. The molecule has 0 aliphatic rings. The molecule has 2 atom stereocenters. The van der Waals surface area contributed by atoms with E-state index in [4.69, 9.17) is 9.66 Å². The molecule has 0 heterocycles. The predicted octanol–water partition coefficient (Wildman–Crippen LogP) is -0.360. The fraction of sp³-hybridized carbons (Fsp3) is 0.600. The van der Waals surface area contributed by atoms with E-state index in [1.165, 1.54) is 6.92 Å². The van der Waals surface area contributed by atoms with E-state index >= 15 is 0 Å². The molecule has 0 spiro atoms. The Labute approximate surface area is 65.7 Å². The number of aliphatic carboxylic acids is 1. The summed E-state index contributed by atoms with van der Waals surface area (Å²) in [5.41, 5.74) is 0. The summed E-state index contributed by atoms with van der Waals surface area (Å²) in [6.45, 7) is 1.33. The van der Waals surface area contributed by atoms with Crippen LogP contribution < -0.4 is 0 Å². The Morgan fingerprint density at radius 1 is 1.55 bits per heavy atom. The van der Waals surface area contributed by atoms with Crippen molar-refractivity contribution in [2.75, 3.05) is 0 Å². The van der Waals surface area contributed by atoms with Crippen molar-refractivity contribution in [1.82, 2.24) is 0 Å². The highest BCUT2D eigenvalue weighted by atomic mass is 32.2. The van der Waals surface area contributed by atoms with Gasteiger partial charge in [-0.2, -0.15) is 0 Å². The first-order chi connectivity index (χ1) is 4.95. The standard InChI is InChI=1S/C5H8O5S/c1-3(11(9)10)2-4(6)5(7)8/h3H,2H2,1H3,(H,7,8)(H,9,10). The van der Waals surface area contributed by atoms with E-state index < -0.39 is 34.5 Å². The number of hydrogen-bond acceptors (Lipinski definition) is 3. The second kappa shape index (κ2) is 4.20. The molecule has 5 nitrogen and oxygen atoms in total. The Hall–Kier alpha value is -0.750. The molecule has 64 valence electrons. The van der Waals surface area contributed by atoms with Crippen LogP contribution in [0.4, 0.5) is 0 Å². The number of hydrogen-bond donors (Lipinski definition) is 2. The molecule has 2 N–H and O–H groups in total. The van der Waals surface area contributed by atoms with Gasteiger partial charge < -0.3 is 9.66 Å². The lowest BCUT2D eigenvalue weighted by molar-refractivity contribution is -0.149. The van der Waals surface area contributed by atoms with Gasteiger partial charge in [0.15, 0.2) is 11.1 Å². The maximum Gasteiger partial charge on any atom is 0.372 e. The molecule has 0 fully saturated rings. The molecule has 0 amide bonds. The van der Waals surface area contributed by atoms with Crippen LogP contribution in [0, 0.1) is 0 Å². The van der Waals surface area contributed by atoms with Gasteiger partial charge in [-0.1, -0.05) is 0 Å². The Balaban J connectivity index is 3.95. The van der Waals surface area contributed by atoms with Crippen molar-refractivity contribution in [3.63, 3.8) is 0 Å². The third-order valence-corrected chi connectivity index (χ3v) is 1.91. The van der Waals surface area contributed by atoms with Gasteiger partial charge in [-0.25, -0.2) is 9.00 Å². The fourth-order valence-corrected chi connectivity index (χ4v) is 0.714. The second-order valence-electron chi connectivity index (χ2n) is 2.02. The highest BCUT2D eigenvalue weighted by Gasteiger charge is 2.18. The maximum atomic E-state index is 10.4. The molecule has 0 saturated heterocycles. The first-order valence-corrected chi connectivity index (χ1v) is 3.98.